The first kappa shape index (κ1) is 12.8. The summed E-state index contributed by atoms with van der Waals surface area (Å²) in [4.78, 5) is 0. The van der Waals surface area contributed by atoms with Crippen molar-refractivity contribution in [3.8, 4) is 0 Å². The first-order valence-corrected chi connectivity index (χ1v) is 6.28. The van der Waals surface area contributed by atoms with Gasteiger partial charge in [-0.15, -0.1) is 0 Å². The lowest BCUT2D eigenvalue weighted by atomic mass is 10.1. The molecule has 2 heterocycles. The van der Waals surface area contributed by atoms with Gasteiger partial charge in [0.15, 0.2) is 0 Å². The minimum atomic E-state index is 0.473. The number of aryl methyl sites for hydroxylation is 2. The molecule has 18 heavy (non-hydrogen) atoms. The molecule has 2 aromatic rings. The Hall–Kier alpha value is -1.62. The van der Waals surface area contributed by atoms with Crippen molar-refractivity contribution in [1.29, 1.82) is 0 Å². The molecular formula is C13H21N5. The fraction of sp³-hybridized carbons (Fsp3) is 0.538. The topological polar surface area (TPSA) is 47.7 Å². The molecule has 0 amide bonds. The van der Waals surface area contributed by atoms with Crippen LogP contribution in [0.1, 0.15) is 36.8 Å². The van der Waals surface area contributed by atoms with Gasteiger partial charge in [0.25, 0.3) is 0 Å². The van der Waals surface area contributed by atoms with Gasteiger partial charge in [-0.2, -0.15) is 10.2 Å². The van der Waals surface area contributed by atoms with Crippen molar-refractivity contribution in [2.24, 2.45) is 14.1 Å². The van der Waals surface area contributed by atoms with E-state index >= 15 is 0 Å². The van der Waals surface area contributed by atoms with Gasteiger partial charge >= 0.3 is 0 Å². The molecule has 0 unspecified atom stereocenters. The summed E-state index contributed by atoms with van der Waals surface area (Å²) in [5, 5.41) is 12.2. The largest absolute Gasteiger partial charge is 0.305 e. The maximum Gasteiger partial charge on any atom is 0.0762 e. The summed E-state index contributed by atoms with van der Waals surface area (Å²) < 4.78 is 3.76. The summed E-state index contributed by atoms with van der Waals surface area (Å²) in [6.07, 6.45) is 1.96. The van der Waals surface area contributed by atoms with E-state index in [1.807, 2.05) is 35.7 Å². The Morgan fingerprint density at radius 2 is 2.00 bits per heavy atom. The molecule has 0 atom stereocenters. The molecule has 5 heteroatoms. The Labute approximate surface area is 108 Å². The average molecular weight is 247 g/mol. The Balaban J connectivity index is 1.90. The van der Waals surface area contributed by atoms with Crippen molar-refractivity contribution in [3.63, 3.8) is 0 Å². The fourth-order valence-electron chi connectivity index (χ4n) is 1.85. The van der Waals surface area contributed by atoms with Gasteiger partial charge in [-0.3, -0.25) is 9.36 Å². The molecule has 0 spiro atoms. The molecule has 0 saturated carbocycles. The van der Waals surface area contributed by atoms with E-state index in [1.165, 1.54) is 5.69 Å². The van der Waals surface area contributed by atoms with Gasteiger partial charge in [0.2, 0.25) is 0 Å². The standard InChI is InChI=1S/C13H21N5/c1-10(2)13-7-12(18(4)16-13)9-14-8-11-5-6-17(3)15-11/h5-7,10,14H,8-9H2,1-4H3. The summed E-state index contributed by atoms with van der Waals surface area (Å²) >= 11 is 0. The van der Waals surface area contributed by atoms with E-state index in [1.54, 1.807) is 0 Å². The van der Waals surface area contributed by atoms with Crippen LogP contribution in [0, 0.1) is 0 Å². The highest BCUT2D eigenvalue weighted by atomic mass is 15.3. The highest BCUT2D eigenvalue weighted by Crippen LogP contribution is 2.13. The molecule has 0 bridgehead atoms. The van der Waals surface area contributed by atoms with E-state index in [4.69, 9.17) is 0 Å². The van der Waals surface area contributed by atoms with Crippen LogP contribution < -0.4 is 5.32 Å². The quantitative estimate of drug-likeness (QED) is 0.872. The predicted octanol–water partition coefficient (Wildman–Crippen LogP) is 1.57. The van der Waals surface area contributed by atoms with Gasteiger partial charge in [-0.25, -0.2) is 0 Å². The van der Waals surface area contributed by atoms with Crippen molar-refractivity contribution in [2.75, 3.05) is 0 Å². The molecule has 0 radical (unpaired) electrons. The van der Waals surface area contributed by atoms with Crippen molar-refractivity contribution in [1.82, 2.24) is 24.9 Å². The molecule has 5 nitrogen and oxygen atoms in total. The average Bonchev–Trinajstić information content (AvgIpc) is 2.87. The van der Waals surface area contributed by atoms with E-state index in [2.05, 4.69) is 35.4 Å². The zero-order valence-electron chi connectivity index (χ0n) is 11.5. The molecule has 0 fully saturated rings. The third kappa shape index (κ3) is 2.98. The van der Waals surface area contributed by atoms with Crippen LogP contribution in [-0.2, 0) is 27.2 Å². The SMILES string of the molecule is CC(C)c1cc(CNCc2ccn(C)n2)n(C)n1. The Kier molecular flexibility index (Phi) is 3.81. The second-order valence-corrected chi connectivity index (χ2v) is 4.92. The second-order valence-electron chi connectivity index (χ2n) is 4.92. The number of hydrogen-bond acceptors (Lipinski definition) is 3. The Bertz CT molecular complexity index is 509. The first-order chi connectivity index (χ1) is 8.56. The lowest BCUT2D eigenvalue weighted by Gasteiger charge is -2.02. The molecule has 0 aromatic carbocycles. The lowest BCUT2D eigenvalue weighted by Crippen LogP contribution is -2.15. The summed E-state index contributed by atoms with van der Waals surface area (Å²) in [5.41, 5.74) is 3.41. The number of nitrogens with one attached hydrogen (secondary N) is 1. The highest BCUT2D eigenvalue weighted by Gasteiger charge is 2.07. The third-order valence-corrected chi connectivity index (χ3v) is 2.97. The second kappa shape index (κ2) is 5.35. The van der Waals surface area contributed by atoms with Crippen LogP contribution in [0.3, 0.4) is 0 Å². The minimum Gasteiger partial charge on any atom is -0.305 e. The van der Waals surface area contributed by atoms with Crippen molar-refractivity contribution in [3.05, 3.63) is 35.4 Å². The predicted molar refractivity (Wildman–Crippen MR) is 71.0 cm³/mol. The number of rotatable bonds is 5. The van der Waals surface area contributed by atoms with Crippen molar-refractivity contribution >= 4 is 0 Å². The van der Waals surface area contributed by atoms with E-state index in [9.17, 15) is 0 Å². The van der Waals surface area contributed by atoms with Crippen LogP contribution in [0.5, 0.6) is 0 Å². The Morgan fingerprint density at radius 1 is 1.22 bits per heavy atom. The maximum absolute atomic E-state index is 4.50. The summed E-state index contributed by atoms with van der Waals surface area (Å²) in [6, 6.07) is 4.19. The van der Waals surface area contributed by atoms with Crippen LogP contribution >= 0.6 is 0 Å². The first-order valence-electron chi connectivity index (χ1n) is 6.28. The van der Waals surface area contributed by atoms with Crippen LogP contribution in [0.4, 0.5) is 0 Å². The van der Waals surface area contributed by atoms with Gasteiger partial charge in [0, 0.05) is 33.4 Å². The molecular weight excluding hydrogens is 226 g/mol. The summed E-state index contributed by atoms with van der Waals surface area (Å²) in [7, 11) is 3.92. The van der Waals surface area contributed by atoms with Crippen LogP contribution in [0.15, 0.2) is 18.3 Å². The minimum absolute atomic E-state index is 0.473. The molecule has 2 rings (SSSR count). The highest BCUT2D eigenvalue weighted by molar-refractivity contribution is 5.13. The molecule has 0 aliphatic rings. The van der Waals surface area contributed by atoms with Gasteiger partial charge in [-0.05, 0) is 18.1 Å². The normalized spacial score (nSPS) is 11.4. The van der Waals surface area contributed by atoms with Crippen molar-refractivity contribution in [2.45, 2.75) is 32.9 Å². The van der Waals surface area contributed by atoms with E-state index in [0.717, 1.165) is 24.5 Å². The fourth-order valence-corrected chi connectivity index (χ4v) is 1.85. The molecule has 0 saturated heterocycles. The smallest absolute Gasteiger partial charge is 0.0762 e. The molecule has 0 aliphatic carbocycles. The van der Waals surface area contributed by atoms with Crippen LogP contribution in [0.2, 0.25) is 0 Å². The monoisotopic (exact) mass is 247 g/mol. The third-order valence-electron chi connectivity index (χ3n) is 2.97. The Morgan fingerprint density at radius 3 is 2.56 bits per heavy atom. The van der Waals surface area contributed by atoms with Gasteiger partial charge in [-0.1, -0.05) is 13.8 Å². The lowest BCUT2D eigenvalue weighted by molar-refractivity contribution is 0.608. The number of nitrogens with zero attached hydrogens (tertiary/aromatic N) is 4. The van der Waals surface area contributed by atoms with Gasteiger partial charge < -0.3 is 5.32 Å². The molecule has 2 aromatic heterocycles. The molecule has 1 N–H and O–H groups in total. The van der Waals surface area contributed by atoms with E-state index < -0.39 is 0 Å². The van der Waals surface area contributed by atoms with Gasteiger partial charge in [0.1, 0.15) is 0 Å². The van der Waals surface area contributed by atoms with E-state index in [-0.39, 0.29) is 0 Å². The van der Waals surface area contributed by atoms with Crippen LogP contribution in [0.25, 0.3) is 0 Å². The van der Waals surface area contributed by atoms with Crippen LogP contribution in [-0.4, -0.2) is 19.6 Å². The summed E-state index contributed by atoms with van der Waals surface area (Å²) in [6.45, 7) is 5.91. The zero-order valence-corrected chi connectivity index (χ0v) is 11.5. The van der Waals surface area contributed by atoms with Gasteiger partial charge in [0.05, 0.1) is 17.1 Å². The zero-order chi connectivity index (χ0) is 13.1. The van der Waals surface area contributed by atoms with Crippen molar-refractivity contribution < 1.29 is 0 Å². The maximum atomic E-state index is 4.50. The number of aromatic nitrogens is 4. The molecule has 0 aliphatic heterocycles. The van der Waals surface area contributed by atoms with E-state index in [0.29, 0.717) is 5.92 Å². The number of hydrogen-bond donors (Lipinski definition) is 1. The summed E-state index contributed by atoms with van der Waals surface area (Å²) in [5.74, 6) is 0.473. The molecule has 98 valence electrons.